The predicted molar refractivity (Wildman–Crippen MR) is 80.7 cm³/mol. The molecule has 0 aliphatic carbocycles. The minimum atomic E-state index is -0.150. The number of hydrogen-bond donors (Lipinski definition) is 1. The summed E-state index contributed by atoms with van der Waals surface area (Å²) in [5, 5.41) is 12.1. The third-order valence-electron chi connectivity index (χ3n) is 2.95. The van der Waals surface area contributed by atoms with E-state index in [1.54, 1.807) is 26.2 Å². The monoisotopic (exact) mass is 280 g/mol. The standard InChI is InChI=1S/C16H16N4O/c1-20(2)16(21)14-9-8-13(10-17)19-15(14)18-11-12-6-4-3-5-7-12/h3-9H,11H2,1-2H3,(H,18,19). The smallest absolute Gasteiger partial charge is 0.257 e. The van der Waals surface area contributed by atoms with E-state index in [2.05, 4.69) is 10.3 Å². The number of hydrogen-bond acceptors (Lipinski definition) is 4. The van der Waals surface area contributed by atoms with Gasteiger partial charge in [0, 0.05) is 20.6 Å². The van der Waals surface area contributed by atoms with E-state index >= 15 is 0 Å². The molecule has 0 unspecified atom stereocenters. The maximum Gasteiger partial charge on any atom is 0.257 e. The summed E-state index contributed by atoms with van der Waals surface area (Å²) in [6, 6.07) is 15.0. The SMILES string of the molecule is CN(C)C(=O)c1ccc(C#N)nc1NCc1ccccc1. The molecule has 1 amide bonds. The molecule has 0 radical (unpaired) electrons. The third-order valence-corrected chi connectivity index (χ3v) is 2.95. The summed E-state index contributed by atoms with van der Waals surface area (Å²) in [7, 11) is 3.36. The molecule has 2 rings (SSSR count). The van der Waals surface area contributed by atoms with Crippen molar-refractivity contribution in [1.82, 2.24) is 9.88 Å². The molecule has 5 nitrogen and oxygen atoms in total. The quantitative estimate of drug-likeness (QED) is 0.932. The van der Waals surface area contributed by atoms with Gasteiger partial charge in [-0.2, -0.15) is 5.26 Å². The zero-order chi connectivity index (χ0) is 15.2. The maximum absolute atomic E-state index is 12.1. The van der Waals surface area contributed by atoms with Gasteiger partial charge in [0.25, 0.3) is 5.91 Å². The van der Waals surface area contributed by atoms with Gasteiger partial charge in [0.1, 0.15) is 17.6 Å². The first-order chi connectivity index (χ1) is 10.1. The van der Waals surface area contributed by atoms with Crippen LogP contribution < -0.4 is 5.32 Å². The molecule has 0 atom stereocenters. The normalized spacial score (nSPS) is 9.76. The zero-order valence-electron chi connectivity index (χ0n) is 12.0. The van der Waals surface area contributed by atoms with Crippen molar-refractivity contribution in [2.24, 2.45) is 0 Å². The van der Waals surface area contributed by atoms with Gasteiger partial charge in [-0.3, -0.25) is 4.79 Å². The molecular weight excluding hydrogens is 264 g/mol. The minimum absolute atomic E-state index is 0.150. The lowest BCUT2D eigenvalue weighted by Crippen LogP contribution is -2.23. The molecular formula is C16H16N4O. The first-order valence-corrected chi connectivity index (χ1v) is 6.52. The van der Waals surface area contributed by atoms with Gasteiger partial charge < -0.3 is 10.2 Å². The van der Waals surface area contributed by atoms with Crippen LogP contribution in [0.4, 0.5) is 5.82 Å². The summed E-state index contributed by atoms with van der Waals surface area (Å²) < 4.78 is 0. The number of rotatable bonds is 4. The van der Waals surface area contributed by atoms with Crippen LogP contribution in [0, 0.1) is 11.3 Å². The van der Waals surface area contributed by atoms with Gasteiger partial charge in [-0.25, -0.2) is 4.98 Å². The molecule has 2 aromatic rings. The highest BCUT2D eigenvalue weighted by Gasteiger charge is 2.15. The van der Waals surface area contributed by atoms with Crippen LogP contribution in [0.15, 0.2) is 42.5 Å². The van der Waals surface area contributed by atoms with Crippen LogP contribution in [0.5, 0.6) is 0 Å². The highest BCUT2D eigenvalue weighted by atomic mass is 16.2. The molecule has 1 aromatic carbocycles. The number of carbonyl (C=O) groups excluding carboxylic acids is 1. The number of amides is 1. The molecule has 0 aliphatic rings. The van der Waals surface area contributed by atoms with Crippen molar-refractivity contribution in [2.75, 3.05) is 19.4 Å². The third kappa shape index (κ3) is 3.57. The molecule has 0 saturated heterocycles. The molecule has 1 heterocycles. The Kier molecular flexibility index (Phi) is 4.52. The van der Waals surface area contributed by atoms with Gasteiger partial charge in [0.05, 0.1) is 5.56 Å². The number of anilines is 1. The topological polar surface area (TPSA) is 69.0 Å². The Morgan fingerprint density at radius 2 is 1.95 bits per heavy atom. The minimum Gasteiger partial charge on any atom is -0.365 e. The van der Waals surface area contributed by atoms with Crippen LogP contribution in [0.25, 0.3) is 0 Å². The van der Waals surface area contributed by atoms with Crippen molar-refractivity contribution < 1.29 is 4.79 Å². The second kappa shape index (κ2) is 6.53. The second-order valence-electron chi connectivity index (χ2n) is 4.74. The summed E-state index contributed by atoms with van der Waals surface area (Å²) in [6.45, 7) is 0.538. The fourth-order valence-corrected chi connectivity index (χ4v) is 1.85. The van der Waals surface area contributed by atoms with E-state index in [4.69, 9.17) is 5.26 Å². The van der Waals surface area contributed by atoms with E-state index in [0.717, 1.165) is 5.56 Å². The molecule has 1 N–H and O–H groups in total. The van der Waals surface area contributed by atoms with Gasteiger partial charge in [0.15, 0.2) is 0 Å². The predicted octanol–water partition coefficient (Wildman–Crippen LogP) is 2.27. The number of nitrogens with one attached hydrogen (secondary N) is 1. The van der Waals surface area contributed by atoms with Crippen molar-refractivity contribution >= 4 is 11.7 Å². The maximum atomic E-state index is 12.1. The second-order valence-corrected chi connectivity index (χ2v) is 4.74. The van der Waals surface area contributed by atoms with E-state index in [1.165, 1.54) is 4.90 Å². The van der Waals surface area contributed by atoms with E-state index in [0.29, 0.717) is 17.9 Å². The highest BCUT2D eigenvalue weighted by Crippen LogP contribution is 2.16. The van der Waals surface area contributed by atoms with Crippen molar-refractivity contribution in [3.05, 3.63) is 59.3 Å². The Morgan fingerprint density at radius 1 is 1.24 bits per heavy atom. The number of aromatic nitrogens is 1. The average Bonchev–Trinajstić information content (AvgIpc) is 2.52. The first kappa shape index (κ1) is 14.5. The van der Waals surface area contributed by atoms with Crippen molar-refractivity contribution in [1.29, 1.82) is 5.26 Å². The van der Waals surface area contributed by atoms with Gasteiger partial charge in [-0.1, -0.05) is 30.3 Å². The summed E-state index contributed by atoms with van der Waals surface area (Å²) in [6.07, 6.45) is 0. The molecule has 0 aliphatic heterocycles. The van der Waals surface area contributed by atoms with Gasteiger partial charge >= 0.3 is 0 Å². The molecule has 0 saturated carbocycles. The van der Waals surface area contributed by atoms with Crippen LogP contribution in [0.3, 0.4) is 0 Å². The number of pyridine rings is 1. The highest BCUT2D eigenvalue weighted by molar-refractivity contribution is 5.98. The molecule has 0 spiro atoms. The Morgan fingerprint density at radius 3 is 2.57 bits per heavy atom. The number of nitrogens with zero attached hydrogens (tertiary/aromatic N) is 3. The summed E-state index contributed by atoms with van der Waals surface area (Å²) in [5.41, 5.74) is 1.81. The Hall–Kier alpha value is -2.87. The van der Waals surface area contributed by atoms with Crippen LogP contribution in [-0.2, 0) is 6.54 Å². The molecule has 5 heteroatoms. The summed E-state index contributed by atoms with van der Waals surface area (Å²) in [4.78, 5) is 17.8. The first-order valence-electron chi connectivity index (χ1n) is 6.52. The van der Waals surface area contributed by atoms with Crippen LogP contribution >= 0.6 is 0 Å². The molecule has 21 heavy (non-hydrogen) atoms. The number of benzene rings is 1. The van der Waals surface area contributed by atoms with E-state index in [9.17, 15) is 4.79 Å². The zero-order valence-corrected chi connectivity index (χ0v) is 12.0. The van der Waals surface area contributed by atoms with E-state index < -0.39 is 0 Å². The lowest BCUT2D eigenvalue weighted by atomic mass is 10.2. The van der Waals surface area contributed by atoms with Crippen molar-refractivity contribution in [2.45, 2.75) is 6.54 Å². The lowest BCUT2D eigenvalue weighted by Gasteiger charge is -2.14. The number of carbonyl (C=O) groups is 1. The van der Waals surface area contributed by atoms with Crippen LogP contribution in [-0.4, -0.2) is 29.9 Å². The Balaban J connectivity index is 2.27. The van der Waals surface area contributed by atoms with E-state index in [1.807, 2.05) is 36.4 Å². The molecule has 0 bridgehead atoms. The van der Waals surface area contributed by atoms with Crippen LogP contribution in [0.2, 0.25) is 0 Å². The fraction of sp³-hybridized carbons (Fsp3) is 0.188. The molecule has 0 fully saturated rings. The lowest BCUT2D eigenvalue weighted by molar-refractivity contribution is 0.0828. The van der Waals surface area contributed by atoms with E-state index in [-0.39, 0.29) is 11.6 Å². The molecule has 1 aromatic heterocycles. The van der Waals surface area contributed by atoms with Crippen LogP contribution in [0.1, 0.15) is 21.6 Å². The fourth-order valence-electron chi connectivity index (χ4n) is 1.85. The average molecular weight is 280 g/mol. The Bertz CT molecular complexity index is 674. The number of nitriles is 1. The van der Waals surface area contributed by atoms with Crippen molar-refractivity contribution in [3.63, 3.8) is 0 Å². The van der Waals surface area contributed by atoms with Gasteiger partial charge in [0.2, 0.25) is 0 Å². The summed E-state index contributed by atoms with van der Waals surface area (Å²) >= 11 is 0. The largest absolute Gasteiger partial charge is 0.365 e. The van der Waals surface area contributed by atoms with Gasteiger partial charge in [-0.05, 0) is 17.7 Å². The Labute approximate surface area is 123 Å². The van der Waals surface area contributed by atoms with Gasteiger partial charge in [-0.15, -0.1) is 0 Å². The summed E-state index contributed by atoms with van der Waals surface area (Å²) in [5.74, 6) is 0.277. The molecule has 106 valence electrons. The van der Waals surface area contributed by atoms with Crippen molar-refractivity contribution in [3.8, 4) is 6.07 Å².